The number of imidazole rings is 1. The van der Waals surface area contributed by atoms with Crippen molar-refractivity contribution in [1.82, 2.24) is 25.1 Å². The predicted octanol–water partition coefficient (Wildman–Crippen LogP) is 1.06. The third-order valence-electron chi connectivity index (χ3n) is 3.14. The van der Waals surface area contributed by atoms with Crippen LogP contribution in [0.25, 0.3) is 5.69 Å². The summed E-state index contributed by atoms with van der Waals surface area (Å²) >= 11 is 0. The van der Waals surface area contributed by atoms with E-state index in [0.717, 1.165) is 18.8 Å². The Morgan fingerprint density at radius 3 is 3.12 bits per heavy atom. The van der Waals surface area contributed by atoms with Crippen LogP contribution < -0.4 is 5.32 Å². The minimum Gasteiger partial charge on any atom is -0.316 e. The van der Waals surface area contributed by atoms with Crippen molar-refractivity contribution < 1.29 is 0 Å². The first-order valence-electron chi connectivity index (χ1n) is 5.67. The number of rotatable bonds is 2. The molecule has 1 atom stereocenters. The number of aromatic nitrogens is 4. The first kappa shape index (κ1) is 9.59. The van der Waals surface area contributed by atoms with Gasteiger partial charge in [-0.3, -0.25) is 9.67 Å². The van der Waals surface area contributed by atoms with Crippen molar-refractivity contribution >= 4 is 0 Å². The molecule has 0 amide bonds. The van der Waals surface area contributed by atoms with Gasteiger partial charge in [-0.1, -0.05) is 0 Å². The van der Waals surface area contributed by atoms with Gasteiger partial charge in [-0.05, 0) is 19.4 Å². The highest BCUT2D eigenvalue weighted by Crippen LogP contribution is 2.24. The molecule has 84 valence electrons. The number of nitrogens with one attached hydrogen (secondary N) is 2. The minimum atomic E-state index is 0.561. The van der Waals surface area contributed by atoms with E-state index in [1.807, 2.05) is 24.9 Å². The van der Waals surface area contributed by atoms with Gasteiger partial charge >= 0.3 is 0 Å². The van der Waals surface area contributed by atoms with Gasteiger partial charge in [-0.25, -0.2) is 4.98 Å². The average Bonchev–Trinajstić information content (AvgIpc) is 3.01. The first-order chi connectivity index (χ1) is 7.95. The van der Waals surface area contributed by atoms with Crippen LogP contribution in [0.5, 0.6) is 0 Å². The molecule has 2 N–H and O–H groups in total. The monoisotopic (exact) mass is 217 g/mol. The molecule has 3 rings (SSSR count). The van der Waals surface area contributed by atoms with Crippen LogP contribution >= 0.6 is 0 Å². The molecular weight excluding hydrogens is 202 g/mol. The van der Waals surface area contributed by atoms with E-state index in [0.29, 0.717) is 5.92 Å². The molecule has 0 bridgehead atoms. The van der Waals surface area contributed by atoms with Crippen LogP contribution in [-0.4, -0.2) is 32.8 Å². The van der Waals surface area contributed by atoms with E-state index in [1.165, 1.54) is 18.5 Å². The molecule has 2 aromatic heterocycles. The van der Waals surface area contributed by atoms with Gasteiger partial charge in [0.25, 0.3) is 0 Å². The van der Waals surface area contributed by atoms with Crippen LogP contribution in [-0.2, 0) is 0 Å². The van der Waals surface area contributed by atoms with Crippen molar-refractivity contribution in [3.05, 3.63) is 30.6 Å². The van der Waals surface area contributed by atoms with Crippen LogP contribution in [0.3, 0.4) is 0 Å². The molecule has 1 saturated heterocycles. The molecule has 1 aliphatic heterocycles. The van der Waals surface area contributed by atoms with Crippen molar-refractivity contribution in [1.29, 1.82) is 0 Å². The van der Waals surface area contributed by atoms with Gasteiger partial charge in [0.1, 0.15) is 0 Å². The molecule has 5 nitrogen and oxygen atoms in total. The second kappa shape index (κ2) is 4.09. The molecule has 3 heterocycles. The van der Waals surface area contributed by atoms with Crippen LogP contribution in [0.2, 0.25) is 0 Å². The quantitative estimate of drug-likeness (QED) is 0.791. The fourth-order valence-electron chi connectivity index (χ4n) is 2.30. The molecule has 1 aliphatic rings. The molecule has 5 heteroatoms. The molecule has 16 heavy (non-hydrogen) atoms. The first-order valence-corrected chi connectivity index (χ1v) is 5.67. The maximum Gasteiger partial charge on any atom is 0.0995 e. The Kier molecular flexibility index (Phi) is 2.46. The van der Waals surface area contributed by atoms with E-state index in [2.05, 4.69) is 25.1 Å². The van der Waals surface area contributed by atoms with E-state index in [9.17, 15) is 0 Å². The Morgan fingerprint density at radius 1 is 1.38 bits per heavy atom. The normalized spacial score (nSPS) is 21.1. The largest absolute Gasteiger partial charge is 0.316 e. The van der Waals surface area contributed by atoms with Gasteiger partial charge in [0.15, 0.2) is 0 Å². The SMILES string of the molecule is c1n[nH]cc1-n1cncc1C1CCCNC1. The maximum absolute atomic E-state index is 4.25. The average molecular weight is 217 g/mol. The zero-order chi connectivity index (χ0) is 10.8. The van der Waals surface area contributed by atoms with E-state index in [4.69, 9.17) is 0 Å². The van der Waals surface area contributed by atoms with Crippen LogP contribution in [0.4, 0.5) is 0 Å². The molecule has 0 aromatic carbocycles. The third kappa shape index (κ3) is 1.63. The standard InChI is InChI=1S/C11H15N5/c1-2-9(4-12-3-1)11-7-13-8-16(11)10-5-14-15-6-10/h5-9,12H,1-4H2,(H,14,15). The Bertz CT molecular complexity index is 439. The summed E-state index contributed by atoms with van der Waals surface area (Å²) < 4.78 is 2.11. The summed E-state index contributed by atoms with van der Waals surface area (Å²) in [5.41, 5.74) is 2.33. The van der Waals surface area contributed by atoms with Gasteiger partial charge in [0, 0.05) is 30.6 Å². The van der Waals surface area contributed by atoms with Crippen LogP contribution in [0.15, 0.2) is 24.9 Å². The molecule has 0 aliphatic carbocycles. The second-order valence-corrected chi connectivity index (χ2v) is 4.19. The molecule has 0 spiro atoms. The van der Waals surface area contributed by atoms with Gasteiger partial charge in [0.05, 0.1) is 18.2 Å². The highest BCUT2D eigenvalue weighted by molar-refractivity contribution is 5.29. The van der Waals surface area contributed by atoms with Gasteiger partial charge < -0.3 is 5.32 Å². The summed E-state index contributed by atoms with van der Waals surface area (Å²) in [5.74, 6) is 0.561. The maximum atomic E-state index is 4.25. The number of hydrogen-bond donors (Lipinski definition) is 2. The van der Waals surface area contributed by atoms with Crippen LogP contribution in [0, 0.1) is 0 Å². The molecule has 1 fully saturated rings. The molecule has 2 aromatic rings. The number of piperidine rings is 1. The van der Waals surface area contributed by atoms with E-state index >= 15 is 0 Å². The highest BCUT2D eigenvalue weighted by Gasteiger charge is 2.19. The Morgan fingerprint density at radius 2 is 2.38 bits per heavy atom. The van der Waals surface area contributed by atoms with Crippen LogP contribution in [0.1, 0.15) is 24.5 Å². The van der Waals surface area contributed by atoms with Crippen molar-refractivity contribution in [3.8, 4) is 5.69 Å². The molecule has 0 radical (unpaired) electrons. The third-order valence-corrected chi connectivity index (χ3v) is 3.14. The summed E-state index contributed by atoms with van der Waals surface area (Å²) in [6.45, 7) is 2.18. The van der Waals surface area contributed by atoms with E-state index in [1.54, 1.807) is 0 Å². The fraction of sp³-hybridized carbons (Fsp3) is 0.455. The lowest BCUT2D eigenvalue weighted by molar-refractivity contribution is 0.451. The minimum absolute atomic E-state index is 0.561. The predicted molar refractivity (Wildman–Crippen MR) is 60.6 cm³/mol. The molecule has 1 unspecified atom stereocenters. The van der Waals surface area contributed by atoms with Gasteiger partial charge in [-0.2, -0.15) is 5.10 Å². The van der Waals surface area contributed by atoms with Crippen molar-refractivity contribution in [3.63, 3.8) is 0 Å². The number of hydrogen-bond acceptors (Lipinski definition) is 3. The topological polar surface area (TPSA) is 58.5 Å². The summed E-state index contributed by atoms with van der Waals surface area (Å²) in [5, 5.41) is 10.2. The van der Waals surface area contributed by atoms with Gasteiger partial charge in [0.2, 0.25) is 0 Å². The van der Waals surface area contributed by atoms with Crippen molar-refractivity contribution in [2.45, 2.75) is 18.8 Å². The van der Waals surface area contributed by atoms with E-state index < -0.39 is 0 Å². The number of nitrogens with zero attached hydrogens (tertiary/aromatic N) is 3. The smallest absolute Gasteiger partial charge is 0.0995 e. The van der Waals surface area contributed by atoms with Crippen molar-refractivity contribution in [2.75, 3.05) is 13.1 Å². The number of H-pyrrole nitrogens is 1. The van der Waals surface area contributed by atoms with Gasteiger partial charge in [-0.15, -0.1) is 0 Å². The zero-order valence-electron chi connectivity index (χ0n) is 9.06. The Hall–Kier alpha value is -1.62. The van der Waals surface area contributed by atoms with Crippen molar-refractivity contribution in [2.24, 2.45) is 0 Å². The fourth-order valence-corrected chi connectivity index (χ4v) is 2.30. The lowest BCUT2D eigenvalue weighted by Gasteiger charge is -2.23. The summed E-state index contributed by atoms with van der Waals surface area (Å²) in [6, 6.07) is 0. The highest BCUT2D eigenvalue weighted by atomic mass is 15.2. The summed E-state index contributed by atoms with van der Waals surface area (Å²) in [4.78, 5) is 4.25. The lowest BCUT2D eigenvalue weighted by atomic mass is 9.96. The Labute approximate surface area is 93.9 Å². The zero-order valence-corrected chi connectivity index (χ0v) is 9.06. The molecular formula is C11H15N5. The molecule has 0 saturated carbocycles. The second-order valence-electron chi connectivity index (χ2n) is 4.19. The lowest BCUT2D eigenvalue weighted by Crippen LogP contribution is -2.29. The van der Waals surface area contributed by atoms with E-state index in [-0.39, 0.29) is 0 Å². The summed E-state index contributed by atoms with van der Waals surface area (Å²) in [7, 11) is 0. The summed E-state index contributed by atoms with van der Waals surface area (Å²) in [6.07, 6.45) is 10.0. The number of aromatic amines is 1. The Balaban J connectivity index is 1.92.